The van der Waals surface area contributed by atoms with Gasteiger partial charge in [-0.25, -0.2) is 9.97 Å². The van der Waals surface area contributed by atoms with Crippen LogP contribution in [0.4, 0.5) is 5.69 Å². The lowest BCUT2D eigenvalue weighted by Gasteiger charge is -2.35. The first kappa shape index (κ1) is 21.6. The minimum Gasteiger partial charge on any atom is -0.439 e. The first-order valence-electron chi connectivity index (χ1n) is 11.7. The second-order valence-corrected chi connectivity index (χ2v) is 9.88. The van der Waals surface area contributed by atoms with E-state index in [-0.39, 0.29) is 11.5 Å². The Bertz CT molecular complexity index is 1970. The average molecular weight is 504 g/mol. The van der Waals surface area contributed by atoms with Gasteiger partial charge in [-0.15, -0.1) is 0 Å². The maximum Gasteiger partial charge on any atom is 0.245 e. The lowest BCUT2D eigenvalue weighted by Crippen LogP contribution is -2.42. The standard InChI is InChI=1S/C29H18ClN5O2/c1-13-9-21-22(10-14(13)2)34-25-23-26(17-6-4-3-5-16(17)24(25)33-21)37-27(32)19(12-31)29(23)18-11-15(30)7-8-20(18)35-28(29)36/h3-11H,32H2,1-2H3,(H,35,36). The summed E-state index contributed by atoms with van der Waals surface area (Å²) < 4.78 is 6.15. The van der Waals surface area contributed by atoms with E-state index in [0.29, 0.717) is 49.5 Å². The number of benzene rings is 4. The monoisotopic (exact) mass is 503 g/mol. The van der Waals surface area contributed by atoms with Gasteiger partial charge in [-0.1, -0.05) is 35.9 Å². The average Bonchev–Trinajstić information content (AvgIpc) is 3.15. The van der Waals surface area contributed by atoms with Gasteiger partial charge >= 0.3 is 0 Å². The second-order valence-electron chi connectivity index (χ2n) is 9.44. The van der Waals surface area contributed by atoms with Crippen LogP contribution in [0.25, 0.3) is 32.8 Å². The molecule has 3 heterocycles. The van der Waals surface area contributed by atoms with Crippen LogP contribution in [0, 0.1) is 25.2 Å². The third kappa shape index (κ3) is 2.62. The van der Waals surface area contributed by atoms with Crippen molar-refractivity contribution in [2.45, 2.75) is 19.3 Å². The van der Waals surface area contributed by atoms with Gasteiger partial charge in [0.2, 0.25) is 11.8 Å². The van der Waals surface area contributed by atoms with Gasteiger partial charge in [0.15, 0.2) is 0 Å². The molecule has 8 heteroatoms. The van der Waals surface area contributed by atoms with Gasteiger partial charge in [0.05, 0.1) is 22.1 Å². The van der Waals surface area contributed by atoms with Crippen LogP contribution in [0.5, 0.6) is 5.75 Å². The summed E-state index contributed by atoms with van der Waals surface area (Å²) in [5, 5.41) is 15.2. The third-order valence-corrected chi connectivity index (χ3v) is 7.70. The molecule has 1 atom stereocenters. The molecule has 5 aromatic rings. The van der Waals surface area contributed by atoms with E-state index in [1.54, 1.807) is 18.2 Å². The van der Waals surface area contributed by atoms with Gasteiger partial charge in [0, 0.05) is 32.6 Å². The minimum absolute atomic E-state index is 0.0166. The molecular formula is C29H18ClN5O2. The van der Waals surface area contributed by atoms with Crippen LogP contribution in [-0.4, -0.2) is 15.9 Å². The van der Waals surface area contributed by atoms with Crippen molar-refractivity contribution in [2.24, 2.45) is 5.73 Å². The van der Waals surface area contributed by atoms with Gasteiger partial charge in [0.25, 0.3) is 0 Å². The quantitative estimate of drug-likeness (QED) is 0.212. The molecule has 0 saturated carbocycles. The van der Waals surface area contributed by atoms with Crippen LogP contribution in [0.1, 0.15) is 22.3 Å². The molecule has 7 rings (SSSR count). The predicted octanol–water partition coefficient (Wildman–Crippen LogP) is 5.53. The van der Waals surface area contributed by atoms with Crippen LogP contribution >= 0.6 is 11.6 Å². The Labute approximate surface area is 216 Å². The molecule has 0 aliphatic carbocycles. The smallest absolute Gasteiger partial charge is 0.245 e. The highest BCUT2D eigenvalue weighted by atomic mass is 35.5. The summed E-state index contributed by atoms with van der Waals surface area (Å²) in [5.41, 5.74) is 10.9. The van der Waals surface area contributed by atoms with Crippen molar-refractivity contribution in [3.63, 3.8) is 0 Å². The van der Waals surface area contributed by atoms with Crippen LogP contribution in [0.2, 0.25) is 5.02 Å². The molecule has 1 unspecified atom stereocenters. The third-order valence-electron chi connectivity index (χ3n) is 7.47. The Kier molecular flexibility index (Phi) is 4.20. The number of nitriles is 1. The van der Waals surface area contributed by atoms with E-state index >= 15 is 0 Å². The zero-order valence-electron chi connectivity index (χ0n) is 19.8. The molecule has 4 aromatic carbocycles. The molecule has 1 spiro atoms. The van der Waals surface area contributed by atoms with Crippen LogP contribution in [0.3, 0.4) is 0 Å². The molecule has 178 valence electrons. The number of hydrogen-bond donors (Lipinski definition) is 2. The Morgan fingerprint density at radius 2 is 1.68 bits per heavy atom. The Morgan fingerprint density at radius 3 is 2.38 bits per heavy atom. The number of anilines is 1. The van der Waals surface area contributed by atoms with Crippen LogP contribution in [0.15, 0.2) is 66.1 Å². The lowest BCUT2D eigenvalue weighted by molar-refractivity contribution is -0.118. The predicted molar refractivity (Wildman–Crippen MR) is 142 cm³/mol. The number of fused-ring (bicyclic) bond motifs is 10. The van der Waals surface area contributed by atoms with Crippen molar-refractivity contribution in [1.29, 1.82) is 5.26 Å². The minimum atomic E-state index is -1.61. The number of rotatable bonds is 0. The maximum atomic E-state index is 14.0. The number of carbonyl (C=O) groups is 1. The molecule has 1 amide bonds. The number of carbonyl (C=O) groups excluding carboxylic acids is 1. The number of nitrogens with two attached hydrogens (primary N) is 1. The summed E-state index contributed by atoms with van der Waals surface area (Å²) >= 11 is 6.42. The fraction of sp³-hybridized carbons (Fsp3) is 0.103. The molecule has 7 nitrogen and oxygen atoms in total. The van der Waals surface area contributed by atoms with E-state index < -0.39 is 11.3 Å². The maximum absolute atomic E-state index is 14.0. The zero-order valence-corrected chi connectivity index (χ0v) is 20.6. The lowest BCUT2D eigenvalue weighted by atomic mass is 9.67. The molecule has 3 N–H and O–H groups in total. The van der Waals surface area contributed by atoms with E-state index in [0.717, 1.165) is 22.0 Å². The molecular weight excluding hydrogens is 486 g/mol. The molecule has 2 aliphatic rings. The number of hydrogen-bond acceptors (Lipinski definition) is 6. The number of halogens is 1. The zero-order chi connectivity index (χ0) is 25.6. The van der Waals surface area contributed by atoms with E-state index in [9.17, 15) is 10.1 Å². The Morgan fingerprint density at radius 1 is 1.00 bits per heavy atom. The van der Waals surface area contributed by atoms with Gasteiger partial charge in [0.1, 0.15) is 22.8 Å². The van der Waals surface area contributed by atoms with Crippen molar-refractivity contribution >= 4 is 56.0 Å². The SMILES string of the molecule is Cc1cc2nc3c4c(c5ccccc5c3nc2cc1C)OC(N)=C(C#N)C41C(=O)Nc2ccc(Cl)cc21. The Hall–Kier alpha value is -4.67. The van der Waals surface area contributed by atoms with E-state index in [1.165, 1.54) is 0 Å². The number of amides is 1. The second kappa shape index (κ2) is 7.19. The first-order valence-corrected chi connectivity index (χ1v) is 12.1. The van der Waals surface area contributed by atoms with Gasteiger partial charge in [-0.3, -0.25) is 4.79 Å². The fourth-order valence-corrected chi connectivity index (χ4v) is 5.81. The molecule has 37 heavy (non-hydrogen) atoms. The highest BCUT2D eigenvalue weighted by molar-refractivity contribution is 6.31. The number of nitrogens with zero attached hydrogens (tertiary/aromatic N) is 3. The Balaban J connectivity index is 1.77. The first-order chi connectivity index (χ1) is 17.8. The largest absolute Gasteiger partial charge is 0.439 e. The summed E-state index contributed by atoms with van der Waals surface area (Å²) in [7, 11) is 0. The molecule has 0 saturated heterocycles. The van der Waals surface area contributed by atoms with Crippen molar-refractivity contribution in [1.82, 2.24) is 9.97 Å². The van der Waals surface area contributed by atoms with Gasteiger partial charge < -0.3 is 15.8 Å². The topological polar surface area (TPSA) is 114 Å². The molecule has 0 fully saturated rings. The highest BCUT2D eigenvalue weighted by Gasteiger charge is 2.58. The van der Waals surface area contributed by atoms with E-state index in [2.05, 4.69) is 11.4 Å². The number of nitrogens with one attached hydrogen (secondary N) is 1. The van der Waals surface area contributed by atoms with Crippen molar-refractivity contribution in [3.8, 4) is 11.8 Å². The summed E-state index contributed by atoms with van der Waals surface area (Å²) in [4.78, 5) is 24.1. The molecule has 0 radical (unpaired) electrons. The van der Waals surface area contributed by atoms with E-state index in [1.807, 2.05) is 50.2 Å². The van der Waals surface area contributed by atoms with Crippen LogP contribution in [-0.2, 0) is 10.2 Å². The number of aromatic nitrogens is 2. The molecule has 2 aliphatic heterocycles. The summed E-state index contributed by atoms with van der Waals surface area (Å²) in [5.74, 6) is -0.185. The van der Waals surface area contributed by atoms with Crippen molar-refractivity contribution < 1.29 is 9.53 Å². The fourth-order valence-electron chi connectivity index (χ4n) is 5.64. The molecule has 1 aromatic heterocycles. The van der Waals surface area contributed by atoms with E-state index in [4.69, 9.17) is 32.0 Å². The normalized spacial score (nSPS) is 18.2. The van der Waals surface area contributed by atoms with Crippen LogP contribution < -0.4 is 15.8 Å². The number of ether oxygens (including phenoxy) is 1. The van der Waals surface area contributed by atoms with Gasteiger partial charge in [-0.2, -0.15) is 5.26 Å². The number of aryl methyl sites for hydroxylation is 2. The summed E-state index contributed by atoms with van der Waals surface area (Å²) in [6.45, 7) is 4.05. The van der Waals surface area contributed by atoms with Crippen molar-refractivity contribution in [3.05, 3.63) is 93.3 Å². The summed E-state index contributed by atoms with van der Waals surface area (Å²) in [6, 6.07) is 18.9. The molecule has 0 bridgehead atoms. The van der Waals surface area contributed by atoms with Gasteiger partial charge in [-0.05, 0) is 55.3 Å². The highest BCUT2D eigenvalue weighted by Crippen LogP contribution is 2.57. The summed E-state index contributed by atoms with van der Waals surface area (Å²) in [6.07, 6.45) is 0. The van der Waals surface area contributed by atoms with Crippen molar-refractivity contribution in [2.75, 3.05) is 5.32 Å².